The molecule has 1 aromatic rings. The highest BCUT2D eigenvalue weighted by molar-refractivity contribution is 5.21. The second-order valence-corrected chi connectivity index (χ2v) is 3.64. The standard InChI is InChI=1S/C11H13FO2/c12-10-3-1-8(2-4-10)11(5-13)9-6-14-7-9/h1-4,9,11,13H,5-7H2. The van der Waals surface area contributed by atoms with Gasteiger partial charge in [-0.2, -0.15) is 0 Å². The number of aliphatic hydroxyl groups excluding tert-OH is 1. The van der Waals surface area contributed by atoms with E-state index in [1.807, 2.05) is 0 Å². The molecule has 1 atom stereocenters. The lowest BCUT2D eigenvalue weighted by atomic mass is 9.85. The van der Waals surface area contributed by atoms with E-state index in [-0.39, 0.29) is 18.3 Å². The Hall–Kier alpha value is -0.930. The van der Waals surface area contributed by atoms with Crippen LogP contribution in [0.15, 0.2) is 24.3 Å². The van der Waals surface area contributed by atoms with E-state index in [1.165, 1.54) is 12.1 Å². The van der Waals surface area contributed by atoms with Crippen LogP contribution in [0.25, 0.3) is 0 Å². The smallest absolute Gasteiger partial charge is 0.123 e. The topological polar surface area (TPSA) is 29.5 Å². The molecule has 1 aliphatic heterocycles. The molecule has 1 aromatic carbocycles. The van der Waals surface area contributed by atoms with Crippen LogP contribution in [0.4, 0.5) is 4.39 Å². The number of hydrogen-bond donors (Lipinski definition) is 1. The molecule has 2 rings (SSSR count). The molecule has 0 bridgehead atoms. The molecule has 0 aromatic heterocycles. The minimum Gasteiger partial charge on any atom is -0.396 e. The molecule has 2 nitrogen and oxygen atoms in total. The summed E-state index contributed by atoms with van der Waals surface area (Å²) in [5, 5.41) is 9.23. The van der Waals surface area contributed by atoms with Crippen molar-refractivity contribution in [1.82, 2.24) is 0 Å². The number of aliphatic hydroxyl groups is 1. The SMILES string of the molecule is OCC(c1ccc(F)cc1)C1COC1. The predicted octanol–water partition coefficient (Wildman–Crippen LogP) is 1.55. The number of halogens is 1. The van der Waals surface area contributed by atoms with Crippen LogP contribution in [0.3, 0.4) is 0 Å². The Bertz CT molecular complexity index is 293. The van der Waals surface area contributed by atoms with E-state index in [2.05, 4.69) is 0 Å². The average molecular weight is 196 g/mol. The van der Waals surface area contributed by atoms with Crippen molar-refractivity contribution >= 4 is 0 Å². The summed E-state index contributed by atoms with van der Waals surface area (Å²) >= 11 is 0. The van der Waals surface area contributed by atoms with Gasteiger partial charge in [-0.3, -0.25) is 0 Å². The fourth-order valence-electron chi connectivity index (χ4n) is 1.72. The van der Waals surface area contributed by atoms with Crippen LogP contribution in [0.1, 0.15) is 11.5 Å². The molecule has 0 radical (unpaired) electrons. The van der Waals surface area contributed by atoms with Gasteiger partial charge in [0.15, 0.2) is 0 Å². The van der Waals surface area contributed by atoms with E-state index in [4.69, 9.17) is 4.74 Å². The van der Waals surface area contributed by atoms with Crippen LogP contribution in [0.5, 0.6) is 0 Å². The van der Waals surface area contributed by atoms with Crippen LogP contribution in [0, 0.1) is 11.7 Å². The molecule has 1 N–H and O–H groups in total. The van der Waals surface area contributed by atoms with Crippen molar-refractivity contribution in [2.45, 2.75) is 5.92 Å². The first-order chi connectivity index (χ1) is 6.81. The number of ether oxygens (including phenoxy) is 1. The third-order valence-electron chi connectivity index (χ3n) is 2.73. The zero-order valence-corrected chi connectivity index (χ0v) is 7.82. The zero-order valence-electron chi connectivity index (χ0n) is 7.82. The average Bonchev–Trinajstić information content (AvgIpc) is 2.13. The fraction of sp³-hybridized carbons (Fsp3) is 0.455. The molecule has 0 amide bonds. The maximum Gasteiger partial charge on any atom is 0.123 e. The maximum absolute atomic E-state index is 12.7. The first-order valence-electron chi connectivity index (χ1n) is 4.75. The molecular formula is C11H13FO2. The third kappa shape index (κ3) is 1.79. The highest BCUT2D eigenvalue weighted by atomic mass is 19.1. The van der Waals surface area contributed by atoms with Crippen molar-refractivity contribution in [2.75, 3.05) is 19.8 Å². The quantitative estimate of drug-likeness (QED) is 0.794. The molecule has 1 fully saturated rings. The Kier molecular flexibility index (Phi) is 2.79. The van der Waals surface area contributed by atoms with Gasteiger partial charge in [0.1, 0.15) is 5.82 Å². The lowest BCUT2D eigenvalue weighted by Crippen LogP contribution is -2.34. The van der Waals surface area contributed by atoms with Gasteiger partial charge in [0.2, 0.25) is 0 Å². The zero-order chi connectivity index (χ0) is 9.97. The van der Waals surface area contributed by atoms with Gasteiger partial charge in [-0.1, -0.05) is 12.1 Å². The van der Waals surface area contributed by atoms with E-state index in [1.54, 1.807) is 12.1 Å². The molecule has 1 unspecified atom stereocenters. The van der Waals surface area contributed by atoms with Crippen LogP contribution in [-0.4, -0.2) is 24.9 Å². The first kappa shape index (κ1) is 9.62. The van der Waals surface area contributed by atoms with Crippen molar-refractivity contribution in [2.24, 2.45) is 5.92 Å². The Labute approximate surface area is 82.3 Å². The molecule has 1 saturated heterocycles. The largest absolute Gasteiger partial charge is 0.396 e. The summed E-state index contributed by atoms with van der Waals surface area (Å²) in [6, 6.07) is 6.32. The molecular weight excluding hydrogens is 183 g/mol. The van der Waals surface area contributed by atoms with Gasteiger partial charge in [-0.05, 0) is 17.7 Å². The Morgan fingerprint density at radius 3 is 2.43 bits per heavy atom. The summed E-state index contributed by atoms with van der Waals surface area (Å²) in [4.78, 5) is 0. The first-order valence-corrected chi connectivity index (χ1v) is 4.75. The maximum atomic E-state index is 12.7. The van der Waals surface area contributed by atoms with E-state index >= 15 is 0 Å². The van der Waals surface area contributed by atoms with Crippen molar-refractivity contribution < 1.29 is 14.2 Å². The lowest BCUT2D eigenvalue weighted by molar-refractivity contribution is -0.0527. The second-order valence-electron chi connectivity index (χ2n) is 3.64. The Morgan fingerprint density at radius 2 is 2.00 bits per heavy atom. The summed E-state index contributed by atoms with van der Waals surface area (Å²) in [6.07, 6.45) is 0. The van der Waals surface area contributed by atoms with Gasteiger partial charge in [-0.15, -0.1) is 0 Å². The van der Waals surface area contributed by atoms with Crippen LogP contribution < -0.4 is 0 Å². The van der Waals surface area contributed by atoms with Gasteiger partial charge in [0, 0.05) is 11.8 Å². The summed E-state index contributed by atoms with van der Waals surface area (Å²) in [5.74, 6) is 0.227. The van der Waals surface area contributed by atoms with Crippen molar-refractivity contribution in [3.05, 3.63) is 35.6 Å². The summed E-state index contributed by atoms with van der Waals surface area (Å²) in [7, 11) is 0. The normalized spacial score (nSPS) is 19.0. The van der Waals surface area contributed by atoms with Crippen molar-refractivity contribution in [3.8, 4) is 0 Å². The van der Waals surface area contributed by atoms with E-state index < -0.39 is 0 Å². The third-order valence-corrected chi connectivity index (χ3v) is 2.73. The summed E-state index contributed by atoms with van der Waals surface area (Å²) in [6.45, 7) is 1.49. The molecule has 76 valence electrons. The van der Waals surface area contributed by atoms with Crippen molar-refractivity contribution in [1.29, 1.82) is 0 Å². The van der Waals surface area contributed by atoms with Gasteiger partial charge in [0.25, 0.3) is 0 Å². The minimum atomic E-state index is -0.240. The fourth-order valence-corrected chi connectivity index (χ4v) is 1.72. The highest BCUT2D eigenvalue weighted by Crippen LogP contribution is 2.29. The van der Waals surface area contributed by atoms with E-state index in [9.17, 15) is 9.50 Å². The highest BCUT2D eigenvalue weighted by Gasteiger charge is 2.28. The van der Waals surface area contributed by atoms with Crippen molar-refractivity contribution in [3.63, 3.8) is 0 Å². The molecule has 0 spiro atoms. The number of benzene rings is 1. The minimum absolute atomic E-state index is 0.0874. The summed E-state index contributed by atoms with van der Waals surface area (Å²) < 4.78 is 17.7. The Morgan fingerprint density at radius 1 is 1.36 bits per heavy atom. The molecule has 14 heavy (non-hydrogen) atoms. The van der Waals surface area contributed by atoms with E-state index in [0.29, 0.717) is 19.1 Å². The van der Waals surface area contributed by atoms with Crippen LogP contribution >= 0.6 is 0 Å². The number of hydrogen-bond acceptors (Lipinski definition) is 2. The molecule has 3 heteroatoms. The van der Waals surface area contributed by atoms with E-state index in [0.717, 1.165) is 5.56 Å². The second kappa shape index (κ2) is 4.07. The van der Waals surface area contributed by atoms with Crippen LogP contribution in [0.2, 0.25) is 0 Å². The lowest BCUT2D eigenvalue weighted by Gasteiger charge is -2.32. The molecule has 0 aliphatic carbocycles. The number of rotatable bonds is 3. The predicted molar refractivity (Wildman–Crippen MR) is 50.5 cm³/mol. The molecule has 1 aliphatic rings. The van der Waals surface area contributed by atoms with Gasteiger partial charge in [-0.25, -0.2) is 4.39 Å². The summed E-state index contributed by atoms with van der Waals surface area (Å²) in [5.41, 5.74) is 0.988. The monoisotopic (exact) mass is 196 g/mol. The van der Waals surface area contributed by atoms with Gasteiger partial charge in [0.05, 0.1) is 19.8 Å². The van der Waals surface area contributed by atoms with Crippen LogP contribution in [-0.2, 0) is 4.74 Å². The Balaban J connectivity index is 2.14. The van der Waals surface area contributed by atoms with Gasteiger partial charge >= 0.3 is 0 Å². The van der Waals surface area contributed by atoms with Gasteiger partial charge < -0.3 is 9.84 Å². The molecule has 1 heterocycles. The molecule has 0 saturated carbocycles.